The van der Waals surface area contributed by atoms with E-state index in [4.69, 9.17) is 0 Å². The second kappa shape index (κ2) is 7.83. The van der Waals surface area contributed by atoms with E-state index < -0.39 is 0 Å². The third-order valence-electron chi connectivity index (χ3n) is 3.48. The molecule has 120 valence electrons. The second-order valence-corrected chi connectivity index (χ2v) is 6.91. The number of hydrogen-bond donors (Lipinski definition) is 2. The lowest BCUT2D eigenvalue weighted by Gasteiger charge is -2.19. The molecule has 0 aliphatic rings. The van der Waals surface area contributed by atoms with Gasteiger partial charge in [-0.3, -0.25) is 0 Å². The lowest BCUT2D eigenvalue weighted by Crippen LogP contribution is -2.36. The number of aryl methyl sites for hydroxylation is 1. The van der Waals surface area contributed by atoms with Gasteiger partial charge in [-0.2, -0.15) is 0 Å². The van der Waals surface area contributed by atoms with Crippen LogP contribution in [0.2, 0.25) is 0 Å². The summed E-state index contributed by atoms with van der Waals surface area (Å²) in [4.78, 5) is 7.91. The molecule has 22 heavy (non-hydrogen) atoms. The van der Waals surface area contributed by atoms with Crippen LogP contribution in [0.5, 0.6) is 0 Å². The molecule has 1 heterocycles. The highest BCUT2D eigenvalue weighted by atomic mass is 32.1. The van der Waals surface area contributed by atoms with Crippen LogP contribution in [0.4, 0.5) is 0 Å². The highest BCUT2D eigenvalue weighted by Gasteiger charge is 2.16. The van der Waals surface area contributed by atoms with Crippen LogP contribution in [0.3, 0.4) is 0 Å². The number of aromatic nitrogens is 1. The number of rotatable bonds is 7. The molecule has 0 fully saturated rings. The normalized spacial score (nSPS) is 14.3. The van der Waals surface area contributed by atoms with E-state index in [9.17, 15) is 5.11 Å². The van der Waals surface area contributed by atoms with Gasteiger partial charge in [-0.05, 0) is 27.9 Å². The second-order valence-electron chi connectivity index (χ2n) is 5.88. The summed E-state index contributed by atoms with van der Waals surface area (Å²) in [6, 6.07) is 10.4. The number of benzene rings is 1. The number of likely N-dealkylation sites (N-methyl/N-ethyl adjacent to an activating group) is 1. The van der Waals surface area contributed by atoms with Crippen molar-refractivity contribution < 1.29 is 5.11 Å². The highest BCUT2D eigenvalue weighted by molar-refractivity contribution is 7.15. The quantitative estimate of drug-likeness (QED) is 0.824. The summed E-state index contributed by atoms with van der Waals surface area (Å²) in [7, 11) is 3.93. The van der Waals surface area contributed by atoms with Gasteiger partial charge in [-0.15, -0.1) is 11.3 Å². The van der Waals surface area contributed by atoms with Gasteiger partial charge >= 0.3 is 0 Å². The van der Waals surface area contributed by atoms with Gasteiger partial charge in [0, 0.05) is 29.6 Å². The molecule has 2 aromatic rings. The molecule has 1 aromatic heterocycles. The van der Waals surface area contributed by atoms with Crippen LogP contribution in [-0.2, 0) is 0 Å². The minimum Gasteiger partial charge on any atom is -0.390 e. The fraction of sp³-hybridized carbons (Fsp3) is 0.471. The molecule has 4 nitrogen and oxygen atoms in total. The van der Waals surface area contributed by atoms with E-state index in [0.717, 1.165) is 16.3 Å². The molecule has 0 saturated heterocycles. The van der Waals surface area contributed by atoms with Crippen molar-refractivity contribution in [1.29, 1.82) is 0 Å². The van der Waals surface area contributed by atoms with Crippen molar-refractivity contribution in [3.05, 3.63) is 40.9 Å². The largest absolute Gasteiger partial charge is 0.390 e. The van der Waals surface area contributed by atoms with Gasteiger partial charge in [0.05, 0.1) is 11.8 Å². The molecule has 0 amide bonds. The maximum Gasteiger partial charge on any atom is 0.123 e. The Morgan fingerprint density at radius 2 is 1.95 bits per heavy atom. The first-order valence-corrected chi connectivity index (χ1v) is 8.38. The molecule has 0 saturated carbocycles. The Morgan fingerprint density at radius 1 is 1.27 bits per heavy atom. The Balaban J connectivity index is 2.01. The number of aliphatic hydroxyl groups is 1. The third-order valence-corrected chi connectivity index (χ3v) is 4.87. The summed E-state index contributed by atoms with van der Waals surface area (Å²) in [6.07, 6.45) is -0.362. The number of hydrogen-bond acceptors (Lipinski definition) is 5. The van der Waals surface area contributed by atoms with Crippen molar-refractivity contribution in [1.82, 2.24) is 15.2 Å². The van der Waals surface area contributed by atoms with Crippen LogP contribution in [0, 0.1) is 6.92 Å². The molecule has 0 spiro atoms. The molecular formula is C17H25N3OS. The molecule has 0 aliphatic carbocycles. The zero-order valence-electron chi connectivity index (χ0n) is 13.7. The predicted molar refractivity (Wildman–Crippen MR) is 93.3 cm³/mol. The van der Waals surface area contributed by atoms with Crippen molar-refractivity contribution in [2.45, 2.75) is 26.0 Å². The minimum atomic E-state index is -0.362. The van der Waals surface area contributed by atoms with Crippen molar-refractivity contribution >= 4 is 11.3 Å². The van der Waals surface area contributed by atoms with E-state index in [1.807, 2.05) is 44.1 Å². The Labute approximate surface area is 136 Å². The van der Waals surface area contributed by atoms with E-state index in [1.165, 1.54) is 4.88 Å². The first-order chi connectivity index (χ1) is 10.5. The maximum absolute atomic E-state index is 9.95. The van der Waals surface area contributed by atoms with Crippen LogP contribution in [0.15, 0.2) is 30.3 Å². The SMILES string of the molecule is Cc1nc(-c2ccccc2)sc1C(C)NCC(O)CN(C)C. The summed E-state index contributed by atoms with van der Waals surface area (Å²) in [6.45, 7) is 5.42. The number of aliphatic hydroxyl groups excluding tert-OH is 1. The van der Waals surface area contributed by atoms with Crippen molar-refractivity contribution in [2.24, 2.45) is 0 Å². The van der Waals surface area contributed by atoms with Crippen LogP contribution in [0.1, 0.15) is 23.5 Å². The Bertz CT molecular complexity index is 583. The first-order valence-electron chi connectivity index (χ1n) is 7.56. The van der Waals surface area contributed by atoms with E-state index in [-0.39, 0.29) is 12.1 Å². The standard InChI is InChI=1S/C17H25N3OS/c1-12(18-10-15(21)11-20(3)4)16-13(2)19-17(22-16)14-8-6-5-7-9-14/h5-9,12,15,18,21H,10-11H2,1-4H3. The topological polar surface area (TPSA) is 48.4 Å². The molecule has 5 heteroatoms. The number of thiazole rings is 1. The van der Waals surface area contributed by atoms with Crippen molar-refractivity contribution in [2.75, 3.05) is 27.2 Å². The Kier molecular flexibility index (Phi) is 6.08. The fourth-order valence-corrected chi connectivity index (χ4v) is 3.50. The van der Waals surface area contributed by atoms with Gasteiger partial charge in [0.1, 0.15) is 5.01 Å². The average molecular weight is 319 g/mol. The first kappa shape index (κ1) is 17.1. The van der Waals surface area contributed by atoms with Crippen LogP contribution in [0.25, 0.3) is 10.6 Å². The fourth-order valence-electron chi connectivity index (χ4n) is 2.41. The predicted octanol–water partition coefficient (Wildman–Crippen LogP) is 2.69. The molecule has 2 unspecified atom stereocenters. The zero-order chi connectivity index (χ0) is 16.1. The van der Waals surface area contributed by atoms with Crippen LogP contribution < -0.4 is 5.32 Å². The smallest absolute Gasteiger partial charge is 0.123 e. The van der Waals surface area contributed by atoms with Gasteiger partial charge in [0.25, 0.3) is 0 Å². The van der Waals surface area contributed by atoms with E-state index in [2.05, 4.69) is 29.4 Å². The molecule has 1 aromatic carbocycles. The van der Waals surface area contributed by atoms with Gasteiger partial charge in [-0.1, -0.05) is 30.3 Å². The van der Waals surface area contributed by atoms with Crippen molar-refractivity contribution in [3.63, 3.8) is 0 Å². The lowest BCUT2D eigenvalue weighted by molar-refractivity contribution is 0.132. The zero-order valence-corrected chi connectivity index (χ0v) is 14.5. The Morgan fingerprint density at radius 3 is 2.59 bits per heavy atom. The summed E-state index contributed by atoms with van der Waals surface area (Å²) >= 11 is 1.72. The molecule has 0 bridgehead atoms. The average Bonchev–Trinajstić information content (AvgIpc) is 2.87. The molecule has 2 N–H and O–H groups in total. The van der Waals surface area contributed by atoms with Crippen molar-refractivity contribution in [3.8, 4) is 10.6 Å². The van der Waals surface area contributed by atoms with Gasteiger partial charge in [-0.25, -0.2) is 4.98 Å². The van der Waals surface area contributed by atoms with Crippen LogP contribution in [-0.4, -0.2) is 48.3 Å². The Hall–Kier alpha value is -1.27. The molecule has 0 radical (unpaired) electrons. The maximum atomic E-state index is 9.95. The van der Waals surface area contributed by atoms with Gasteiger partial charge in [0.15, 0.2) is 0 Å². The van der Waals surface area contributed by atoms with E-state index in [0.29, 0.717) is 13.1 Å². The summed E-state index contributed by atoms with van der Waals surface area (Å²) in [5, 5.41) is 14.4. The van der Waals surface area contributed by atoms with E-state index >= 15 is 0 Å². The van der Waals surface area contributed by atoms with Gasteiger partial charge < -0.3 is 15.3 Å². The summed E-state index contributed by atoms with van der Waals surface area (Å²) in [5.41, 5.74) is 2.22. The molecule has 0 aliphatic heterocycles. The minimum absolute atomic E-state index is 0.187. The van der Waals surface area contributed by atoms with Gasteiger partial charge in [0.2, 0.25) is 0 Å². The molecular weight excluding hydrogens is 294 g/mol. The van der Waals surface area contributed by atoms with E-state index in [1.54, 1.807) is 11.3 Å². The number of nitrogens with one attached hydrogen (secondary N) is 1. The third kappa shape index (κ3) is 4.61. The number of nitrogens with zero attached hydrogens (tertiary/aromatic N) is 2. The van der Waals surface area contributed by atoms with Crippen LogP contribution >= 0.6 is 11.3 Å². The summed E-state index contributed by atoms with van der Waals surface area (Å²) in [5.74, 6) is 0. The lowest BCUT2D eigenvalue weighted by atomic mass is 10.2. The molecule has 2 rings (SSSR count). The highest BCUT2D eigenvalue weighted by Crippen LogP contribution is 2.31. The summed E-state index contributed by atoms with van der Waals surface area (Å²) < 4.78 is 0. The molecule has 2 atom stereocenters. The monoisotopic (exact) mass is 319 g/mol.